The van der Waals surface area contributed by atoms with Crippen LogP contribution >= 0.6 is 0 Å². The van der Waals surface area contributed by atoms with Gasteiger partial charge in [-0.2, -0.15) is 0 Å². The van der Waals surface area contributed by atoms with Crippen LogP contribution in [0.4, 0.5) is 17.1 Å². The lowest BCUT2D eigenvalue weighted by Gasteiger charge is -2.35. The van der Waals surface area contributed by atoms with Crippen LogP contribution < -0.4 is 4.90 Å². The zero-order valence-corrected chi connectivity index (χ0v) is 33.3. The highest BCUT2D eigenvalue weighted by Crippen LogP contribution is 2.57. The van der Waals surface area contributed by atoms with Crippen LogP contribution in [0, 0.1) is 5.92 Å². The van der Waals surface area contributed by atoms with E-state index in [2.05, 4.69) is 248 Å². The van der Waals surface area contributed by atoms with Crippen molar-refractivity contribution >= 4 is 28.2 Å². The molecule has 0 spiro atoms. The Labute approximate surface area is 353 Å². The summed E-state index contributed by atoms with van der Waals surface area (Å²) in [6.45, 7) is 0. The third kappa shape index (κ3) is 5.93. The largest absolute Gasteiger partial charge is 0.310 e. The monoisotopic (exact) mass is 765 g/mol. The van der Waals surface area contributed by atoms with Gasteiger partial charge < -0.3 is 4.90 Å². The van der Waals surface area contributed by atoms with Crippen LogP contribution in [0.5, 0.6) is 0 Å². The fraction of sp³-hybridized carbons (Fsp3) is 0.0508. The minimum atomic E-state index is -0.494. The van der Waals surface area contributed by atoms with E-state index in [1.54, 1.807) is 0 Å². The van der Waals surface area contributed by atoms with Gasteiger partial charge in [0, 0.05) is 23.0 Å². The van der Waals surface area contributed by atoms with Gasteiger partial charge in [-0.05, 0) is 115 Å². The maximum Gasteiger partial charge on any atom is 0.0714 e. The first-order valence-electron chi connectivity index (χ1n) is 21.0. The number of anilines is 3. The molecule has 1 nitrogen and oxygen atoms in total. The standard InChI is InChI=1S/C59H43N/c1-5-17-42(18-6-1)43-29-34-49(35-30-43)60(50-36-31-45(32-37-50)53-39-33-44-19-13-14-26-52(44)58(53)46-20-7-2-8-21-46)51-38-40-55-54-27-15-16-28-56(54)59(57(55)41-51,47-22-9-3-10-23-47)48-24-11-4-12-25-48/h1-25,27-41,52H,26H2. The molecule has 0 fully saturated rings. The highest BCUT2D eigenvalue weighted by Gasteiger charge is 2.46. The summed E-state index contributed by atoms with van der Waals surface area (Å²) >= 11 is 0. The average Bonchev–Trinajstić information content (AvgIpc) is 3.63. The van der Waals surface area contributed by atoms with E-state index in [-0.39, 0.29) is 0 Å². The van der Waals surface area contributed by atoms with Gasteiger partial charge in [-0.3, -0.25) is 0 Å². The quantitative estimate of drug-likeness (QED) is 0.149. The molecule has 60 heavy (non-hydrogen) atoms. The van der Waals surface area contributed by atoms with Crippen molar-refractivity contribution in [3.8, 4) is 22.3 Å². The molecule has 0 N–H and O–H groups in total. The van der Waals surface area contributed by atoms with Gasteiger partial charge in [0.2, 0.25) is 0 Å². The van der Waals surface area contributed by atoms with E-state index in [0.717, 1.165) is 23.5 Å². The third-order valence-corrected chi connectivity index (χ3v) is 12.7. The van der Waals surface area contributed by atoms with Crippen LogP contribution in [0.25, 0.3) is 33.4 Å². The lowest BCUT2D eigenvalue weighted by atomic mass is 9.67. The first-order valence-corrected chi connectivity index (χ1v) is 21.0. The molecule has 11 rings (SSSR count). The molecule has 0 saturated heterocycles. The Hall–Kier alpha value is -7.48. The van der Waals surface area contributed by atoms with Crippen LogP contribution in [-0.2, 0) is 5.41 Å². The van der Waals surface area contributed by atoms with Gasteiger partial charge in [-0.1, -0.05) is 206 Å². The van der Waals surface area contributed by atoms with Crippen molar-refractivity contribution < 1.29 is 0 Å². The molecule has 1 heteroatoms. The molecular formula is C59H43N. The lowest BCUT2D eigenvalue weighted by Crippen LogP contribution is -2.28. The third-order valence-electron chi connectivity index (χ3n) is 12.7. The van der Waals surface area contributed by atoms with Gasteiger partial charge in [0.15, 0.2) is 0 Å². The normalized spacial score (nSPS) is 15.8. The van der Waals surface area contributed by atoms with Gasteiger partial charge in [0.25, 0.3) is 0 Å². The van der Waals surface area contributed by atoms with Crippen LogP contribution in [0.15, 0.2) is 248 Å². The highest BCUT2D eigenvalue weighted by atomic mass is 15.1. The first-order chi connectivity index (χ1) is 29.8. The minimum absolute atomic E-state index is 0.335. The Morgan fingerprint density at radius 2 is 0.933 bits per heavy atom. The van der Waals surface area contributed by atoms with Crippen molar-refractivity contribution in [3.05, 3.63) is 282 Å². The number of rotatable bonds is 8. The summed E-state index contributed by atoms with van der Waals surface area (Å²) in [4.78, 5) is 2.43. The summed E-state index contributed by atoms with van der Waals surface area (Å²) in [5.74, 6) is 0.335. The fourth-order valence-corrected chi connectivity index (χ4v) is 10.0. The van der Waals surface area contributed by atoms with Crippen molar-refractivity contribution in [1.29, 1.82) is 0 Å². The molecule has 0 radical (unpaired) electrons. The minimum Gasteiger partial charge on any atom is -0.310 e. The number of fused-ring (bicyclic) bond motifs is 4. The van der Waals surface area contributed by atoms with Crippen LogP contribution in [0.2, 0.25) is 0 Å². The topological polar surface area (TPSA) is 3.24 Å². The van der Waals surface area contributed by atoms with Gasteiger partial charge >= 0.3 is 0 Å². The van der Waals surface area contributed by atoms with E-state index in [9.17, 15) is 0 Å². The number of hydrogen-bond acceptors (Lipinski definition) is 1. The van der Waals surface area contributed by atoms with Gasteiger partial charge in [0.05, 0.1) is 5.41 Å². The number of hydrogen-bond donors (Lipinski definition) is 0. The molecule has 3 aliphatic rings. The molecular weight excluding hydrogens is 723 g/mol. The second-order valence-corrected chi connectivity index (χ2v) is 16.0. The number of benzene rings is 8. The molecule has 8 aromatic carbocycles. The molecule has 0 aromatic heterocycles. The Balaban J connectivity index is 1.09. The number of nitrogens with zero attached hydrogens (tertiary/aromatic N) is 1. The first kappa shape index (κ1) is 35.7. The van der Waals surface area contributed by atoms with E-state index in [1.165, 1.54) is 72.4 Å². The molecule has 0 amide bonds. The van der Waals surface area contributed by atoms with Crippen LogP contribution in [0.1, 0.15) is 39.8 Å². The van der Waals surface area contributed by atoms with Gasteiger partial charge in [0.1, 0.15) is 0 Å². The molecule has 0 heterocycles. The Kier molecular flexibility index (Phi) is 8.94. The molecule has 284 valence electrons. The molecule has 1 unspecified atom stereocenters. The van der Waals surface area contributed by atoms with Crippen molar-refractivity contribution in [3.63, 3.8) is 0 Å². The number of allylic oxidation sites excluding steroid dienone is 8. The van der Waals surface area contributed by atoms with Crippen molar-refractivity contribution in [2.45, 2.75) is 11.8 Å². The summed E-state index contributed by atoms with van der Waals surface area (Å²) in [5, 5.41) is 0. The zero-order valence-electron chi connectivity index (χ0n) is 33.3. The second-order valence-electron chi connectivity index (χ2n) is 16.0. The predicted octanol–water partition coefficient (Wildman–Crippen LogP) is 15.2. The zero-order chi connectivity index (χ0) is 39.9. The second kappa shape index (κ2) is 15.0. The van der Waals surface area contributed by atoms with Crippen molar-refractivity contribution in [2.75, 3.05) is 4.90 Å². The molecule has 1 atom stereocenters. The summed E-state index contributed by atoms with van der Waals surface area (Å²) in [6.07, 6.45) is 12.4. The summed E-state index contributed by atoms with van der Waals surface area (Å²) in [7, 11) is 0. The van der Waals surface area contributed by atoms with E-state index in [1.807, 2.05) is 0 Å². The molecule has 0 saturated carbocycles. The van der Waals surface area contributed by atoms with Crippen molar-refractivity contribution in [2.24, 2.45) is 5.92 Å². The molecule has 3 aliphatic carbocycles. The maximum atomic E-state index is 2.46. The van der Waals surface area contributed by atoms with E-state index in [0.29, 0.717) is 5.92 Å². The van der Waals surface area contributed by atoms with Gasteiger partial charge in [-0.25, -0.2) is 0 Å². The van der Waals surface area contributed by atoms with Crippen LogP contribution in [0.3, 0.4) is 0 Å². The highest BCUT2D eigenvalue weighted by molar-refractivity contribution is 6.00. The van der Waals surface area contributed by atoms with E-state index < -0.39 is 5.41 Å². The predicted molar refractivity (Wildman–Crippen MR) is 252 cm³/mol. The Morgan fingerprint density at radius 3 is 1.58 bits per heavy atom. The molecule has 0 aliphatic heterocycles. The fourth-order valence-electron chi connectivity index (χ4n) is 10.0. The molecule has 8 aromatic rings. The van der Waals surface area contributed by atoms with Crippen molar-refractivity contribution in [1.82, 2.24) is 0 Å². The Morgan fingerprint density at radius 1 is 0.417 bits per heavy atom. The summed E-state index contributed by atoms with van der Waals surface area (Å²) in [5.41, 5.74) is 19.5. The summed E-state index contributed by atoms with van der Waals surface area (Å²) < 4.78 is 0. The lowest BCUT2D eigenvalue weighted by molar-refractivity contribution is 0.768. The molecule has 0 bridgehead atoms. The van der Waals surface area contributed by atoms with E-state index in [4.69, 9.17) is 0 Å². The smallest absolute Gasteiger partial charge is 0.0714 e. The SMILES string of the molecule is C1=CCC2C(=C1)C=CC(c1ccc(N(c3ccc(-c4ccccc4)cc3)c3ccc4c(c3)C(c3ccccc3)(c3ccccc3)c3ccccc3-4)cc1)=C2c1ccccc1. The summed E-state index contributed by atoms with van der Waals surface area (Å²) in [6, 6.07) is 78.1. The van der Waals surface area contributed by atoms with Crippen LogP contribution in [-0.4, -0.2) is 0 Å². The van der Waals surface area contributed by atoms with E-state index >= 15 is 0 Å². The Bertz CT molecular complexity index is 2910. The average molecular weight is 766 g/mol. The maximum absolute atomic E-state index is 2.46. The van der Waals surface area contributed by atoms with Gasteiger partial charge in [-0.15, -0.1) is 0 Å².